The Kier molecular flexibility index (Phi) is 12.7. The Morgan fingerprint density at radius 1 is 1.00 bits per heavy atom. The summed E-state index contributed by atoms with van der Waals surface area (Å²) < 4.78 is 65.4. The normalized spacial score (nSPS) is 15.1. The van der Waals surface area contributed by atoms with Crippen molar-refractivity contribution >= 4 is 23.7 Å². The number of amides is 3. The molecule has 1 heterocycles. The number of hydrogen-bond donors (Lipinski definition) is 3. The standard InChI is InChI=1S/C33H41F4N3O7/c1-18-6-7-19(2)21(14-18)8-11-38-31(44)32(45)40-12-9-20(10-13-40)30(43)39-24(16-26(42)47-33(3,4)5)25(41)17-46-29-27(36)22(34)15-23(35)28(29)37/h6-7,14-15,20,24-25,41H,8-13,16-17H2,1-5H3,(H,38,44)(H,39,43)/t24-,25?/m0/s1. The van der Waals surface area contributed by atoms with Crippen LogP contribution in [-0.2, 0) is 30.3 Å². The molecule has 258 valence electrons. The van der Waals surface area contributed by atoms with Gasteiger partial charge in [0.05, 0.1) is 12.5 Å². The lowest BCUT2D eigenvalue weighted by molar-refractivity contribution is -0.156. The van der Waals surface area contributed by atoms with Gasteiger partial charge in [-0.05, 0) is 65.0 Å². The molecule has 1 saturated heterocycles. The predicted molar refractivity (Wildman–Crippen MR) is 162 cm³/mol. The zero-order chi connectivity index (χ0) is 35.1. The van der Waals surface area contributed by atoms with E-state index in [0.29, 0.717) is 6.42 Å². The third-order valence-corrected chi connectivity index (χ3v) is 7.60. The number of carbonyl (C=O) groups is 4. The number of aliphatic hydroxyl groups excluding tert-OH is 1. The lowest BCUT2D eigenvalue weighted by Crippen LogP contribution is -2.52. The molecule has 3 N–H and O–H groups in total. The van der Waals surface area contributed by atoms with E-state index >= 15 is 0 Å². The Bertz CT molecular complexity index is 1450. The number of piperidine rings is 1. The number of likely N-dealkylation sites (tertiary alicyclic amines) is 1. The molecule has 2 atom stereocenters. The number of carbonyl (C=O) groups excluding carboxylic acids is 4. The summed E-state index contributed by atoms with van der Waals surface area (Å²) in [6.45, 7) is 8.24. The predicted octanol–water partition coefficient (Wildman–Crippen LogP) is 3.41. The van der Waals surface area contributed by atoms with Gasteiger partial charge in [0.25, 0.3) is 0 Å². The van der Waals surface area contributed by atoms with E-state index in [0.717, 1.165) is 16.7 Å². The molecule has 1 fully saturated rings. The van der Waals surface area contributed by atoms with Crippen molar-refractivity contribution in [1.29, 1.82) is 0 Å². The van der Waals surface area contributed by atoms with Crippen LogP contribution in [0.3, 0.4) is 0 Å². The third-order valence-electron chi connectivity index (χ3n) is 7.60. The highest BCUT2D eigenvalue weighted by Gasteiger charge is 2.34. The Balaban J connectivity index is 1.58. The van der Waals surface area contributed by atoms with Crippen molar-refractivity contribution in [2.75, 3.05) is 26.2 Å². The fraction of sp³-hybridized carbons (Fsp3) is 0.515. The van der Waals surface area contributed by atoms with Crippen molar-refractivity contribution in [1.82, 2.24) is 15.5 Å². The minimum atomic E-state index is -1.82. The Hall–Kier alpha value is -4.20. The Labute approximate surface area is 270 Å². The molecule has 1 unspecified atom stereocenters. The SMILES string of the molecule is Cc1ccc(C)c(CCNC(=O)C(=O)N2CCC(C(=O)N[C@@H](CC(=O)OC(C)(C)C)C(O)COc3c(F)c(F)cc(F)c3F)CC2)c1. The summed E-state index contributed by atoms with van der Waals surface area (Å²) in [5.41, 5.74) is 2.32. The maximum absolute atomic E-state index is 14.1. The van der Waals surface area contributed by atoms with Crippen LogP contribution in [0.4, 0.5) is 17.6 Å². The van der Waals surface area contributed by atoms with Crippen LogP contribution in [-0.4, -0.2) is 77.7 Å². The first kappa shape index (κ1) is 37.3. The van der Waals surface area contributed by atoms with Gasteiger partial charge in [-0.25, -0.2) is 8.78 Å². The van der Waals surface area contributed by atoms with Gasteiger partial charge < -0.3 is 30.1 Å². The third kappa shape index (κ3) is 10.7. The molecule has 0 bridgehead atoms. The lowest BCUT2D eigenvalue weighted by atomic mass is 9.94. The van der Waals surface area contributed by atoms with E-state index < -0.39 is 89.4 Å². The van der Waals surface area contributed by atoms with E-state index in [1.54, 1.807) is 20.8 Å². The number of nitrogens with one attached hydrogen (secondary N) is 2. The number of rotatable bonds is 11. The summed E-state index contributed by atoms with van der Waals surface area (Å²) in [6, 6.07) is 4.62. The van der Waals surface area contributed by atoms with Gasteiger partial charge in [-0.3, -0.25) is 19.2 Å². The smallest absolute Gasteiger partial charge is 0.311 e. The quantitative estimate of drug-likeness (QED) is 0.145. The molecule has 10 nitrogen and oxygen atoms in total. The van der Waals surface area contributed by atoms with Crippen molar-refractivity contribution in [3.63, 3.8) is 0 Å². The first-order chi connectivity index (χ1) is 22.0. The van der Waals surface area contributed by atoms with Gasteiger partial charge in [-0.2, -0.15) is 8.78 Å². The molecule has 0 aliphatic carbocycles. The maximum atomic E-state index is 14.1. The summed E-state index contributed by atoms with van der Waals surface area (Å²) in [7, 11) is 0. The van der Waals surface area contributed by atoms with Gasteiger partial charge in [0.15, 0.2) is 17.4 Å². The summed E-state index contributed by atoms with van der Waals surface area (Å²) in [5, 5.41) is 15.9. The number of ether oxygens (including phenoxy) is 2. The van der Waals surface area contributed by atoms with Gasteiger partial charge in [-0.15, -0.1) is 0 Å². The molecule has 14 heteroatoms. The van der Waals surface area contributed by atoms with Crippen molar-refractivity contribution in [2.24, 2.45) is 5.92 Å². The highest BCUT2D eigenvalue weighted by atomic mass is 19.2. The van der Waals surface area contributed by atoms with E-state index in [4.69, 9.17) is 9.47 Å². The minimum Gasteiger partial charge on any atom is -0.485 e. The average Bonchev–Trinajstić information content (AvgIpc) is 3.00. The van der Waals surface area contributed by atoms with E-state index in [2.05, 4.69) is 10.6 Å². The van der Waals surface area contributed by atoms with Gasteiger partial charge in [0.2, 0.25) is 17.5 Å². The highest BCUT2D eigenvalue weighted by Crippen LogP contribution is 2.27. The van der Waals surface area contributed by atoms with Crippen LogP contribution < -0.4 is 15.4 Å². The molecule has 0 spiro atoms. The second-order valence-electron chi connectivity index (χ2n) is 12.6. The number of aliphatic hydroxyl groups is 1. The molecule has 1 aliphatic rings. The average molecular weight is 668 g/mol. The Morgan fingerprint density at radius 2 is 1.62 bits per heavy atom. The van der Waals surface area contributed by atoms with E-state index in [-0.39, 0.29) is 38.5 Å². The molecule has 0 aromatic heterocycles. The van der Waals surface area contributed by atoms with Gasteiger partial charge in [-0.1, -0.05) is 23.8 Å². The van der Waals surface area contributed by atoms with Gasteiger partial charge in [0, 0.05) is 31.6 Å². The minimum absolute atomic E-state index is 0.00172. The van der Waals surface area contributed by atoms with Crippen LogP contribution in [0.25, 0.3) is 0 Å². The van der Waals surface area contributed by atoms with Crippen LogP contribution in [0, 0.1) is 43.0 Å². The largest absolute Gasteiger partial charge is 0.485 e. The zero-order valence-corrected chi connectivity index (χ0v) is 27.1. The van der Waals surface area contributed by atoms with E-state index in [9.17, 15) is 41.8 Å². The number of benzene rings is 2. The number of aryl methyl sites for hydroxylation is 2. The molecule has 2 aromatic rings. The summed E-state index contributed by atoms with van der Waals surface area (Å²) >= 11 is 0. The zero-order valence-electron chi connectivity index (χ0n) is 27.1. The van der Waals surface area contributed by atoms with Crippen molar-refractivity contribution < 1.29 is 51.3 Å². The highest BCUT2D eigenvalue weighted by molar-refractivity contribution is 6.35. The van der Waals surface area contributed by atoms with Crippen molar-refractivity contribution in [3.8, 4) is 5.75 Å². The number of hydrogen-bond acceptors (Lipinski definition) is 7. The second kappa shape index (κ2) is 16.1. The van der Waals surface area contributed by atoms with Gasteiger partial charge in [0.1, 0.15) is 18.3 Å². The molecule has 0 saturated carbocycles. The Morgan fingerprint density at radius 3 is 2.21 bits per heavy atom. The molecule has 3 amide bonds. The summed E-state index contributed by atoms with van der Waals surface area (Å²) in [6.07, 6.45) is -1.46. The number of nitrogens with zero attached hydrogens (tertiary/aromatic N) is 1. The van der Waals surface area contributed by atoms with Crippen LogP contribution >= 0.6 is 0 Å². The summed E-state index contributed by atoms with van der Waals surface area (Å²) in [5.74, 6) is -12.1. The van der Waals surface area contributed by atoms with Crippen LogP contribution in [0.1, 0.15) is 56.7 Å². The first-order valence-corrected chi connectivity index (χ1v) is 15.3. The summed E-state index contributed by atoms with van der Waals surface area (Å²) in [4.78, 5) is 52.3. The monoisotopic (exact) mass is 667 g/mol. The fourth-order valence-corrected chi connectivity index (χ4v) is 5.05. The number of halogens is 4. The molecular weight excluding hydrogens is 626 g/mol. The van der Waals surface area contributed by atoms with E-state index in [1.807, 2.05) is 32.0 Å². The number of esters is 1. The van der Waals surface area contributed by atoms with Crippen LogP contribution in [0.15, 0.2) is 24.3 Å². The van der Waals surface area contributed by atoms with Crippen LogP contribution in [0.5, 0.6) is 5.75 Å². The van der Waals surface area contributed by atoms with Gasteiger partial charge >= 0.3 is 17.8 Å². The van der Waals surface area contributed by atoms with Crippen LogP contribution in [0.2, 0.25) is 0 Å². The maximum Gasteiger partial charge on any atom is 0.311 e. The van der Waals surface area contributed by atoms with Crippen molar-refractivity contribution in [2.45, 2.75) is 78.0 Å². The second-order valence-corrected chi connectivity index (χ2v) is 12.6. The molecule has 2 aromatic carbocycles. The van der Waals surface area contributed by atoms with E-state index in [1.165, 1.54) is 4.90 Å². The first-order valence-electron chi connectivity index (χ1n) is 15.3. The molecule has 0 radical (unpaired) electrons. The lowest BCUT2D eigenvalue weighted by Gasteiger charge is -2.32. The molecule has 47 heavy (non-hydrogen) atoms. The molecule has 1 aliphatic heterocycles. The topological polar surface area (TPSA) is 134 Å². The van der Waals surface area contributed by atoms with Crippen molar-refractivity contribution in [3.05, 3.63) is 64.2 Å². The fourth-order valence-electron chi connectivity index (χ4n) is 5.05. The molecular formula is C33H41F4N3O7. The molecule has 3 rings (SSSR count).